The topological polar surface area (TPSA) is 81.4 Å². The Kier molecular flexibility index (Phi) is 6.81. The number of benzene rings is 2. The first-order valence-corrected chi connectivity index (χ1v) is 10.3. The molecule has 0 unspecified atom stereocenters. The van der Waals surface area contributed by atoms with E-state index in [-0.39, 0.29) is 6.61 Å². The second-order valence-electron chi connectivity index (χ2n) is 7.23. The fourth-order valence-corrected chi connectivity index (χ4v) is 3.44. The fourth-order valence-electron chi connectivity index (χ4n) is 3.09. The van der Waals surface area contributed by atoms with Crippen molar-refractivity contribution in [3.05, 3.63) is 76.0 Å². The van der Waals surface area contributed by atoms with Crippen molar-refractivity contribution in [2.45, 2.75) is 25.9 Å². The van der Waals surface area contributed by atoms with Gasteiger partial charge in [0.1, 0.15) is 30.8 Å². The minimum Gasteiger partial charge on any atom is -0.489 e. The second kappa shape index (κ2) is 9.34. The van der Waals surface area contributed by atoms with Gasteiger partial charge >= 0.3 is 0 Å². The smallest absolute Gasteiger partial charge is 0.190 e. The summed E-state index contributed by atoms with van der Waals surface area (Å²) in [6.07, 6.45) is 0. The Morgan fingerprint density at radius 1 is 1.07 bits per heavy atom. The number of nitrogen functional groups attached to an aromatic ring is 1. The summed E-state index contributed by atoms with van der Waals surface area (Å²) in [4.78, 5) is 0. The molecule has 5 nitrogen and oxygen atoms in total. The number of nitrogens with zero attached hydrogens (tertiary/aromatic N) is 1. The van der Waals surface area contributed by atoms with Crippen molar-refractivity contribution in [2.75, 3.05) is 18.2 Å². The lowest BCUT2D eigenvalue weighted by atomic mass is 9.77. The van der Waals surface area contributed by atoms with Crippen LogP contribution in [0.4, 0.5) is 5.88 Å². The quantitative estimate of drug-likeness (QED) is 0.436. The molecule has 30 heavy (non-hydrogen) atoms. The average molecular weight is 445 g/mol. The predicted octanol–water partition coefficient (Wildman–Crippen LogP) is 5.91. The van der Waals surface area contributed by atoms with Gasteiger partial charge in [-0.2, -0.15) is 5.26 Å². The standard InChI is InChI=1S/C23H22Cl2N2O3/c1-23(2,17-11-15(13-26)22(20(25)12-17)28-10-9-24)16-3-5-18(6-4-16)29-14-19-7-8-21(27)30-19/h3-8,11-12H,9-10,14,27H2,1-2H3. The van der Waals surface area contributed by atoms with Gasteiger partial charge in [0.25, 0.3) is 0 Å². The number of hydrogen-bond acceptors (Lipinski definition) is 5. The van der Waals surface area contributed by atoms with Gasteiger partial charge in [-0.3, -0.25) is 0 Å². The molecule has 0 bridgehead atoms. The summed E-state index contributed by atoms with van der Waals surface area (Å²) in [6, 6.07) is 17.0. The number of ether oxygens (including phenoxy) is 2. The molecule has 156 valence electrons. The maximum atomic E-state index is 9.54. The molecule has 0 amide bonds. The van der Waals surface area contributed by atoms with E-state index in [1.165, 1.54) is 0 Å². The summed E-state index contributed by atoms with van der Waals surface area (Å²) in [5.74, 6) is 2.41. The van der Waals surface area contributed by atoms with Crippen LogP contribution in [0.3, 0.4) is 0 Å². The average Bonchev–Trinajstić information content (AvgIpc) is 3.16. The Labute approximate surface area is 185 Å². The molecule has 2 aromatic carbocycles. The minimum absolute atomic E-state index is 0.282. The lowest BCUT2D eigenvalue weighted by Crippen LogP contribution is -2.19. The van der Waals surface area contributed by atoms with E-state index in [0.29, 0.717) is 46.2 Å². The van der Waals surface area contributed by atoms with Crippen LogP contribution in [0.15, 0.2) is 52.9 Å². The van der Waals surface area contributed by atoms with Gasteiger partial charge in [0.15, 0.2) is 11.6 Å². The number of anilines is 1. The monoisotopic (exact) mass is 444 g/mol. The molecule has 0 aliphatic heterocycles. The van der Waals surface area contributed by atoms with Crippen LogP contribution in [0.5, 0.6) is 11.5 Å². The summed E-state index contributed by atoms with van der Waals surface area (Å²) < 4.78 is 16.6. The summed E-state index contributed by atoms with van der Waals surface area (Å²) in [7, 11) is 0. The van der Waals surface area contributed by atoms with Crippen LogP contribution in [0.25, 0.3) is 0 Å². The van der Waals surface area contributed by atoms with Crippen molar-refractivity contribution in [1.82, 2.24) is 0 Å². The van der Waals surface area contributed by atoms with Crippen molar-refractivity contribution in [2.24, 2.45) is 0 Å². The Bertz CT molecular complexity index is 1050. The third-order valence-corrected chi connectivity index (χ3v) is 5.28. The van der Waals surface area contributed by atoms with E-state index in [0.717, 1.165) is 11.1 Å². The largest absolute Gasteiger partial charge is 0.489 e. The molecule has 0 saturated carbocycles. The highest BCUT2D eigenvalue weighted by atomic mass is 35.5. The molecule has 3 aromatic rings. The van der Waals surface area contributed by atoms with Crippen molar-refractivity contribution in [1.29, 1.82) is 5.26 Å². The molecule has 0 atom stereocenters. The number of nitrogens with two attached hydrogens (primary N) is 1. The molecular weight excluding hydrogens is 423 g/mol. The Hall–Kier alpha value is -2.81. The molecule has 0 radical (unpaired) electrons. The highest BCUT2D eigenvalue weighted by Gasteiger charge is 2.26. The van der Waals surface area contributed by atoms with Crippen LogP contribution in [-0.4, -0.2) is 12.5 Å². The van der Waals surface area contributed by atoms with Gasteiger partial charge in [-0.05, 0) is 41.5 Å². The lowest BCUT2D eigenvalue weighted by Gasteiger charge is -2.27. The zero-order valence-electron chi connectivity index (χ0n) is 16.7. The number of nitriles is 1. The Morgan fingerprint density at radius 2 is 1.80 bits per heavy atom. The number of alkyl halides is 1. The first kappa shape index (κ1) is 21.9. The number of rotatable bonds is 8. The molecule has 0 saturated heterocycles. The summed E-state index contributed by atoms with van der Waals surface area (Å²) in [6.45, 7) is 4.72. The maximum absolute atomic E-state index is 9.54. The highest BCUT2D eigenvalue weighted by molar-refractivity contribution is 6.32. The summed E-state index contributed by atoms with van der Waals surface area (Å²) in [5, 5.41) is 9.93. The van der Waals surface area contributed by atoms with Crippen LogP contribution < -0.4 is 15.2 Å². The minimum atomic E-state index is -0.395. The van der Waals surface area contributed by atoms with Gasteiger partial charge in [0, 0.05) is 11.5 Å². The van der Waals surface area contributed by atoms with Crippen LogP contribution in [0.1, 0.15) is 36.3 Å². The normalized spacial score (nSPS) is 11.2. The number of halogens is 2. The van der Waals surface area contributed by atoms with E-state index in [9.17, 15) is 5.26 Å². The summed E-state index contributed by atoms with van der Waals surface area (Å²) in [5.41, 5.74) is 7.51. The predicted molar refractivity (Wildman–Crippen MR) is 118 cm³/mol. The van der Waals surface area contributed by atoms with E-state index < -0.39 is 5.41 Å². The highest BCUT2D eigenvalue weighted by Crippen LogP contribution is 2.38. The van der Waals surface area contributed by atoms with Gasteiger partial charge in [0.2, 0.25) is 0 Å². The Balaban J connectivity index is 1.80. The first-order valence-electron chi connectivity index (χ1n) is 9.35. The molecule has 2 N–H and O–H groups in total. The number of furan rings is 1. The van der Waals surface area contributed by atoms with Gasteiger partial charge in [-0.15, -0.1) is 11.6 Å². The van der Waals surface area contributed by atoms with Crippen LogP contribution in [0.2, 0.25) is 5.02 Å². The zero-order chi connectivity index (χ0) is 21.7. The molecule has 7 heteroatoms. The van der Waals surface area contributed by atoms with Crippen molar-refractivity contribution in [3.63, 3.8) is 0 Å². The van der Waals surface area contributed by atoms with Crippen molar-refractivity contribution in [3.8, 4) is 17.6 Å². The molecule has 1 heterocycles. The van der Waals surface area contributed by atoms with Gasteiger partial charge in [0.05, 0.1) is 16.5 Å². The van der Waals surface area contributed by atoms with Gasteiger partial charge < -0.3 is 19.6 Å². The van der Waals surface area contributed by atoms with Crippen LogP contribution in [-0.2, 0) is 12.0 Å². The second-order valence-corrected chi connectivity index (χ2v) is 8.01. The molecule has 0 fully saturated rings. The van der Waals surface area contributed by atoms with E-state index in [1.807, 2.05) is 30.3 Å². The molecule has 0 aliphatic carbocycles. The fraction of sp³-hybridized carbons (Fsp3) is 0.261. The molecule has 3 rings (SSSR count). The van der Waals surface area contributed by atoms with E-state index >= 15 is 0 Å². The van der Waals surface area contributed by atoms with E-state index in [4.69, 9.17) is 42.8 Å². The zero-order valence-corrected chi connectivity index (χ0v) is 18.3. The van der Waals surface area contributed by atoms with Crippen LogP contribution >= 0.6 is 23.2 Å². The van der Waals surface area contributed by atoms with Gasteiger partial charge in [-0.1, -0.05) is 37.6 Å². The molecular formula is C23H22Cl2N2O3. The molecule has 0 aliphatic rings. The SMILES string of the molecule is CC(C)(c1ccc(OCc2ccc(N)o2)cc1)c1cc(Cl)c(OCCCl)c(C#N)c1. The maximum Gasteiger partial charge on any atom is 0.190 e. The Morgan fingerprint density at radius 3 is 2.40 bits per heavy atom. The van der Waals surface area contributed by atoms with E-state index in [2.05, 4.69) is 19.9 Å². The third-order valence-electron chi connectivity index (χ3n) is 4.85. The van der Waals surface area contributed by atoms with Crippen molar-refractivity contribution >= 4 is 29.1 Å². The summed E-state index contributed by atoms with van der Waals surface area (Å²) >= 11 is 12.1. The first-order chi connectivity index (χ1) is 14.3. The van der Waals surface area contributed by atoms with Crippen molar-refractivity contribution < 1.29 is 13.9 Å². The van der Waals surface area contributed by atoms with Crippen LogP contribution in [0, 0.1) is 11.3 Å². The third kappa shape index (κ3) is 4.84. The molecule has 1 aromatic heterocycles. The van der Waals surface area contributed by atoms with Gasteiger partial charge in [-0.25, -0.2) is 0 Å². The van der Waals surface area contributed by atoms with E-state index in [1.54, 1.807) is 18.2 Å². The number of hydrogen-bond donors (Lipinski definition) is 1. The lowest BCUT2D eigenvalue weighted by molar-refractivity contribution is 0.272. The molecule has 0 spiro atoms.